The smallest absolute Gasteiger partial charge is 0.0535 e. The zero-order chi connectivity index (χ0) is 26.0. The molecule has 38 heavy (non-hydrogen) atoms. The topological polar surface area (TPSA) is 3.24 Å². The van der Waals surface area contributed by atoms with Gasteiger partial charge in [-0.2, -0.15) is 0 Å². The third kappa shape index (κ3) is 2.52. The van der Waals surface area contributed by atoms with Gasteiger partial charge in [-0.3, -0.25) is 0 Å². The van der Waals surface area contributed by atoms with Gasteiger partial charge in [-0.15, -0.1) is 0 Å². The first kappa shape index (κ1) is 21.9. The Morgan fingerprint density at radius 3 is 1.66 bits per heavy atom. The lowest BCUT2D eigenvalue weighted by Gasteiger charge is -2.32. The minimum atomic E-state index is -0.0861. The Morgan fingerprint density at radius 2 is 0.974 bits per heavy atom. The number of hydrogen-bond acceptors (Lipinski definition) is 1. The Morgan fingerprint density at radius 1 is 0.447 bits per heavy atom. The molecule has 0 N–H and O–H groups in total. The van der Waals surface area contributed by atoms with E-state index in [4.69, 9.17) is 0 Å². The molecule has 0 saturated heterocycles. The molecule has 0 radical (unpaired) electrons. The van der Waals surface area contributed by atoms with Crippen molar-refractivity contribution >= 4 is 11.4 Å². The highest BCUT2D eigenvalue weighted by Crippen LogP contribution is 2.59. The van der Waals surface area contributed by atoms with E-state index in [1.807, 2.05) is 0 Å². The van der Waals surface area contributed by atoms with Crippen molar-refractivity contribution in [2.45, 2.75) is 38.5 Å². The van der Waals surface area contributed by atoms with Gasteiger partial charge < -0.3 is 4.90 Å². The minimum absolute atomic E-state index is 0.0371. The second kappa shape index (κ2) is 7.05. The fourth-order valence-electron chi connectivity index (χ4n) is 7.71. The van der Waals surface area contributed by atoms with E-state index < -0.39 is 0 Å². The van der Waals surface area contributed by atoms with Gasteiger partial charge in [0.1, 0.15) is 0 Å². The summed E-state index contributed by atoms with van der Waals surface area (Å²) >= 11 is 0. The fraction of sp³-hybridized carbons (Fsp3) is 0.189. The Bertz CT molecular complexity index is 1830. The van der Waals surface area contributed by atoms with Crippen LogP contribution in [0.2, 0.25) is 0 Å². The monoisotopic (exact) mass is 489 g/mol. The van der Waals surface area contributed by atoms with Crippen molar-refractivity contribution in [3.63, 3.8) is 0 Å². The lowest BCUT2D eigenvalue weighted by atomic mass is 9.80. The zero-order valence-electron chi connectivity index (χ0n) is 22.7. The van der Waals surface area contributed by atoms with Crippen LogP contribution < -0.4 is 4.90 Å². The largest absolute Gasteiger partial charge is 0.343 e. The summed E-state index contributed by atoms with van der Waals surface area (Å²) in [7, 11) is 2.28. The van der Waals surface area contributed by atoms with Crippen molar-refractivity contribution in [1.29, 1.82) is 0 Å². The van der Waals surface area contributed by atoms with Crippen molar-refractivity contribution in [1.82, 2.24) is 0 Å². The molecule has 8 rings (SSSR count). The summed E-state index contributed by atoms with van der Waals surface area (Å²) in [5.74, 6) is 0. The average Bonchev–Trinajstić information content (AvgIpc) is 3.26. The first-order valence-electron chi connectivity index (χ1n) is 13.7. The van der Waals surface area contributed by atoms with Crippen molar-refractivity contribution in [3.8, 4) is 44.5 Å². The van der Waals surface area contributed by atoms with Crippen LogP contribution in [0.3, 0.4) is 0 Å². The summed E-state index contributed by atoms with van der Waals surface area (Å²) in [4.78, 5) is 2.50. The maximum absolute atomic E-state index is 2.50. The zero-order valence-corrected chi connectivity index (χ0v) is 22.7. The fourth-order valence-corrected chi connectivity index (χ4v) is 7.71. The van der Waals surface area contributed by atoms with Crippen LogP contribution in [0.1, 0.15) is 49.9 Å². The van der Waals surface area contributed by atoms with E-state index in [1.54, 1.807) is 0 Å². The van der Waals surface area contributed by atoms with Crippen LogP contribution >= 0.6 is 0 Å². The van der Waals surface area contributed by atoms with Crippen LogP contribution in [0.25, 0.3) is 44.5 Å². The molecule has 1 aliphatic heterocycles. The summed E-state index contributed by atoms with van der Waals surface area (Å²) in [5, 5.41) is 0. The Hall–Kier alpha value is -4.10. The van der Waals surface area contributed by atoms with Crippen molar-refractivity contribution in [2.75, 3.05) is 11.9 Å². The molecule has 3 aliphatic rings. The highest BCUT2D eigenvalue weighted by Gasteiger charge is 2.42. The quantitative estimate of drug-likeness (QED) is 0.209. The number of fused-ring (bicyclic) bond motifs is 12. The Kier molecular flexibility index (Phi) is 4.07. The molecular weight excluding hydrogens is 458 g/mol. The number of nitrogens with zero attached hydrogens (tertiary/aromatic N) is 1. The molecule has 1 heterocycles. The number of rotatable bonds is 0. The summed E-state index contributed by atoms with van der Waals surface area (Å²) < 4.78 is 0. The molecule has 0 spiro atoms. The predicted octanol–water partition coefficient (Wildman–Crippen LogP) is 9.71. The molecule has 5 aromatic rings. The standard InChI is InChI=1S/C37H31N/c1-36(2)30-16-10-9-15-25(30)28-20-29-23-13-7-6-12-22(23)27-19-18-26-24-14-8-11-17-31(24)37(3,4)34(26)35(27)38(5)33(29)21-32(28)36/h6-21H,1-5H3. The minimum Gasteiger partial charge on any atom is -0.343 e. The maximum Gasteiger partial charge on any atom is 0.0535 e. The van der Waals surface area contributed by atoms with Gasteiger partial charge in [-0.1, -0.05) is 113 Å². The summed E-state index contributed by atoms with van der Waals surface area (Å²) in [6.45, 7) is 9.54. The molecule has 0 bridgehead atoms. The number of benzene rings is 5. The van der Waals surface area contributed by atoms with E-state index in [0.29, 0.717) is 0 Å². The van der Waals surface area contributed by atoms with E-state index in [9.17, 15) is 0 Å². The molecule has 0 amide bonds. The van der Waals surface area contributed by atoms with Gasteiger partial charge >= 0.3 is 0 Å². The van der Waals surface area contributed by atoms with E-state index in [0.717, 1.165) is 0 Å². The van der Waals surface area contributed by atoms with Crippen LogP contribution in [-0.4, -0.2) is 7.05 Å². The molecule has 0 aromatic heterocycles. The molecule has 184 valence electrons. The third-order valence-electron chi connectivity index (χ3n) is 9.60. The number of anilines is 2. The highest BCUT2D eigenvalue weighted by atomic mass is 15.1. The molecule has 0 fully saturated rings. The molecule has 1 nitrogen and oxygen atoms in total. The van der Waals surface area contributed by atoms with Crippen LogP contribution in [0.5, 0.6) is 0 Å². The van der Waals surface area contributed by atoms with Gasteiger partial charge in [0.15, 0.2) is 0 Å². The van der Waals surface area contributed by atoms with Gasteiger partial charge in [0, 0.05) is 34.7 Å². The molecule has 0 saturated carbocycles. The maximum atomic E-state index is 2.50. The molecular formula is C37H31N. The molecule has 0 unspecified atom stereocenters. The van der Waals surface area contributed by atoms with E-state index in [2.05, 4.69) is 137 Å². The van der Waals surface area contributed by atoms with Gasteiger partial charge in [-0.25, -0.2) is 0 Å². The van der Waals surface area contributed by atoms with Crippen LogP contribution in [0, 0.1) is 0 Å². The summed E-state index contributed by atoms with van der Waals surface area (Å²) in [5.41, 5.74) is 18.9. The lowest BCUT2D eigenvalue weighted by molar-refractivity contribution is 0.658. The highest BCUT2D eigenvalue weighted by molar-refractivity contribution is 6.05. The van der Waals surface area contributed by atoms with Crippen molar-refractivity contribution in [3.05, 3.63) is 119 Å². The van der Waals surface area contributed by atoms with Crippen molar-refractivity contribution < 1.29 is 0 Å². The first-order valence-corrected chi connectivity index (χ1v) is 13.7. The Labute approximate surface area is 225 Å². The van der Waals surface area contributed by atoms with Crippen LogP contribution in [0.4, 0.5) is 11.4 Å². The molecule has 5 aromatic carbocycles. The Balaban J connectivity index is 1.48. The summed E-state index contributed by atoms with van der Waals surface area (Å²) in [6.07, 6.45) is 0. The number of hydrogen-bond donors (Lipinski definition) is 0. The van der Waals surface area contributed by atoms with Gasteiger partial charge in [0.2, 0.25) is 0 Å². The predicted molar refractivity (Wildman–Crippen MR) is 161 cm³/mol. The molecule has 2 aliphatic carbocycles. The van der Waals surface area contributed by atoms with Gasteiger partial charge in [0.25, 0.3) is 0 Å². The van der Waals surface area contributed by atoms with Crippen LogP contribution in [-0.2, 0) is 10.8 Å². The van der Waals surface area contributed by atoms with Crippen molar-refractivity contribution in [2.24, 2.45) is 0 Å². The second-order valence-electron chi connectivity index (χ2n) is 12.2. The second-order valence-corrected chi connectivity index (χ2v) is 12.2. The third-order valence-corrected chi connectivity index (χ3v) is 9.60. The van der Waals surface area contributed by atoms with Crippen LogP contribution in [0.15, 0.2) is 97.1 Å². The normalized spacial score (nSPS) is 16.4. The van der Waals surface area contributed by atoms with Gasteiger partial charge in [-0.05, 0) is 67.8 Å². The molecule has 0 atom stereocenters. The first-order chi connectivity index (χ1) is 18.3. The van der Waals surface area contributed by atoms with E-state index in [1.165, 1.54) is 78.1 Å². The summed E-state index contributed by atoms with van der Waals surface area (Å²) in [6, 6.07) is 36.6. The van der Waals surface area contributed by atoms with Gasteiger partial charge in [0.05, 0.1) is 5.69 Å². The average molecular weight is 490 g/mol. The molecule has 1 heteroatoms. The van der Waals surface area contributed by atoms with E-state index >= 15 is 0 Å². The SMILES string of the molecule is CN1c2cc3c(cc2-c2ccccc2-c2ccc4c(c21)C(C)(C)c1ccccc1-4)-c1ccccc1C3(C)C. The van der Waals surface area contributed by atoms with E-state index in [-0.39, 0.29) is 10.8 Å². The lowest BCUT2D eigenvalue weighted by Crippen LogP contribution is -2.22.